The van der Waals surface area contributed by atoms with Crippen molar-refractivity contribution in [3.05, 3.63) is 0 Å². The van der Waals surface area contributed by atoms with Crippen molar-refractivity contribution in [2.45, 2.75) is 65.2 Å². The van der Waals surface area contributed by atoms with Crippen molar-refractivity contribution in [3.63, 3.8) is 0 Å². The maximum Gasteiger partial charge on any atom is -0.00205 e. The van der Waals surface area contributed by atoms with Gasteiger partial charge in [0, 0.05) is 0 Å². The van der Waals surface area contributed by atoms with E-state index in [0.717, 1.165) is 11.8 Å². The number of unbranched alkanes of at least 4 members (excludes halogenated alkanes) is 3. The van der Waals surface area contributed by atoms with Crippen molar-refractivity contribution in [3.8, 4) is 0 Å². The molecular weight excluding hydrogens is 182 g/mol. The van der Waals surface area contributed by atoms with E-state index < -0.39 is 0 Å². The van der Waals surface area contributed by atoms with Crippen LogP contribution in [0.5, 0.6) is 0 Å². The van der Waals surface area contributed by atoms with Gasteiger partial charge in [0.2, 0.25) is 0 Å². The third-order valence-electron chi connectivity index (χ3n) is 3.78. The Morgan fingerprint density at radius 1 is 1.00 bits per heavy atom. The van der Waals surface area contributed by atoms with Gasteiger partial charge < -0.3 is 5.32 Å². The summed E-state index contributed by atoms with van der Waals surface area (Å²) in [4.78, 5) is 0. The van der Waals surface area contributed by atoms with Gasteiger partial charge in [-0.1, -0.05) is 46.0 Å². The quantitative estimate of drug-likeness (QED) is 0.628. The first kappa shape index (κ1) is 13.0. The average Bonchev–Trinajstić information content (AvgIpc) is 2.26. The van der Waals surface area contributed by atoms with Crippen LogP contribution >= 0.6 is 0 Å². The van der Waals surface area contributed by atoms with Crippen LogP contribution in [0.15, 0.2) is 0 Å². The van der Waals surface area contributed by atoms with Crippen LogP contribution in [-0.4, -0.2) is 13.1 Å². The predicted octanol–water partition coefficient (Wildman–Crippen LogP) is 3.98. The zero-order chi connectivity index (χ0) is 10.9. The third-order valence-corrected chi connectivity index (χ3v) is 3.78. The highest BCUT2D eigenvalue weighted by Gasteiger charge is 2.17. The summed E-state index contributed by atoms with van der Waals surface area (Å²) in [7, 11) is 0. The standard InChI is InChI=1S/C14H29N/c1-3-4-5-6-11-15-12-14-9-7-13(2)8-10-14/h13-15H,3-12H2,1-2H3. The summed E-state index contributed by atoms with van der Waals surface area (Å²) in [5, 5.41) is 3.63. The molecule has 0 spiro atoms. The van der Waals surface area contributed by atoms with E-state index in [2.05, 4.69) is 19.2 Å². The molecular formula is C14H29N. The van der Waals surface area contributed by atoms with Crippen LogP contribution in [0.3, 0.4) is 0 Å². The van der Waals surface area contributed by atoms with Gasteiger partial charge in [-0.15, -0.1) is 0 Å². The lowest BCUT2D eigenvalue weighted by atomic mass is 9.83. The van der Waals surface area contributed by atoms with Crippen molar-refractivity contribution >= 4 is 0 Å². The van der Waals surface area contributed by atoms with E-state index in [1.807, 2.05) is 0 Å². The SMILES string of the molecule is CCCCCCNCC1CCC(C)CC1. The molecule has 15 heavy (non-hydrogen) atoms. The predicted molar refractivity (Wildman–Crippen MR) is 68.1 cm³/mol. The molecule has 1 aliphatic rings. The van der Waals surface area contributed by atoms with Crippen LogP contribution in [0.4, 0.5) is 0 Å². The summed E-state index contributed by atoms with van der Waals surface area (Å²) in [5.74, 6) is 1.97. The lowest BCUT2D eigenvalue weighted by molar-refractivity contribution is 0.281. The summed E-state index contributed by atoms with van der Waals surface area (Å²) in [6, 6.07) is 0. The Hall–Kier alpha value is -0.0400. The van der Waals surface area contributed by atoms with Gasteiger partial charge in [-0.2, -0.15) is 0 Å². The second-order valence-corrected chi connectivity index (χ2v) is 5.39. The Balaban J connectivity index is 1.87. The summed E-state index contributed by atoms with van der Waals surface area (Å²) in [6.07, 6.45) is 11.4. The van der Waals surface area contributed by atoms with Crippen molar-refractivity contribution in [2.75, 3.05) is 13.1 Å². The molecule has 1 rings (SSSR count). The first-order valence-electron chi connectivity index (χ1n) is 7.03. The van der Waals surface area contributed by atoms with E-state index in [1.165, 1.54) is 64.5 Å². The van der Waals surface area contributed by atoms with Crippen LogP contribution < -0.4 is 5.32 Å². The molecule has 0 unspecified atom stereocenters. The van der Waals surface area contributed by atoms with Gasteiger partial charge in [-0.3, -0.25) is 0 Å². The fraction of sp³-hybridized carbons (Fsp3) is 1.00. The van der Waals surface area contributed by atoms with Crippen LogP contribution in [0.1, 0.15) is 65.2 Å². The number of rotatable bonds is 7. The molecule has 1 nitrogen and oxygen atoms in total. The maximum atomic E-state index is 3.63. The highest BCUT2D eigenvalue weighted by Crippen LogP contribution is 2.27. The minimum absolute atomic E-state index is 0.979. The number of nitrogens with one attached hydrogen (secondary N) is 1. The molecule has 0 aromatic carbocycles. The summed E-state index contributed by atoms with van der Waals surface area (Å²) < 4.78 is 0. The molecule has 90 valence electrons. The fourth-order valence-corrected chi connectivity index (χ4v) is 2.52. The smallest absolute Gasteiger partial charge is 0.00205 e. The second-order valence-electron chi connectivity index (χ2n) is 5.39. The molecule has 0 aromatic rings. The molecule has 0 aliphatic heterocycles. The van der Waals surface area contributed by atoms with E-state index >= 15 is 0 Å². The van der Waals surface area contributed by atoms with Crippen molar-refractivity contribution in [2.24, 2.45) is 11.8 Å². The zero-order valence-corrected chi connectivity index (χ0v) is 10.7. The summed E-state index contributed by atoms with van der Waals surface area (Å²) >= 11 is 0. The summed E-state index contributed by atoms with van der Waals surface area (Å²) in [5.41, 5.74) is 0. The first-order chi connectivity index (χ1) is 7.33. The molecule has 1 aliphatic carbocycles. The minimum atomic E-state index is 0.979. The monoisotopic (exact) mass is 211 g/mol. The van der Waals surface area contributed by atoms with Crippen LogP contribution in [0.2, 0.25) is 0 Å². The fourth-order valence-electron chi connectivity index (χ4n) is 2.52. The normalized spacial score (nSPS) is 26.8. The molecule has 0 atom stereocenters. The molecule has 0 heterocycles. The summed E-state index contributed by atoms with van der Waals surface area (Å²) in [6.45, 7) is 7.19. The molecule has 0 bridgehead atoms. The lowest BCUT2D eigenvalue weighted by Gasteiger charge is -2.26. The van der Waals surface area contributed by atoms with Gasteiger partial charge in [0.05, 0.1) is 0 Å². The largest absolute Gasteiger partial charge is 0.316 e. The Labute approximate surface area is 96.0 Å². The Morgan fingerprint density at radius 2 is 1.73 bits per heavy atom. The van der Waals surface area contributed by atoms with Gasteiger partial charge >= 0.3 is 0 Å². The molecule has 0 saturated heterocycles. The van der Waals surface area contributed by atoms with Gasteiger partial charge in [0.1, 0.15) is 0 Å². The van der Waals surface area contributed by atoms with Crippen molar-refractivity contribution < 1.29 is 0 Å². The number of hydrogen-bond acceptors (Lipinski definition) is 1. The number of hydrogen-bond donors (Lipinski definition) is 1. The molecule has 0 amide bonds. The van der Waals surface area contributed by atoms with Crippen LogP contribution in [0, 0.1) is 11.8 Å². The van der Waals surface area contributed by atoms with E-state index in [9.17, 15) is 0 Å². The third kappa shape index (κ3) is 6.19. The van der Waals surface area contributed by atoms with E-state index in [1.54, 1.807) is 0 Å². The van der Waals surface area contributed by atoms with Crippen LogP contribution in [-0.2, 0) is 0 Å². The molecule has 1 heteroatoms. The maximum absolute atomic E-state index is 3.63. The van der Waals surface area contributed by atoms with Gasteiger partial charge in [0.15, 0.2) is 0 Å². The molecule has 0 radical (unpaired) electrons. The second kappa shape index (κ2) is 8.15. The van der Waals surface area contributed by atoms with Gasteiger partial charge in [0.25, 0.3) is 0 Å². The van der Waals surface area contributed by atoms with Gasteiger partial charge in [-0.05, 0) is 44.2 Å². The molecule has 1 N–H and O–H groups in total. The van der Waals surface area contributed by atoms with Crippen molar-refractivity contribution in [1.29, 1.82) is 0 Å². The zero-order valence-electron chi connectivity index (χ0n) is 10.7. The lowest BCUT2D eigenvalue weighted by Crippen LogP contribution is -2.26. The van der Waals surface area contributed by atoms with E-state index in [-0.39, 0.29) is 0 Å². The Bertz CT molecular complexity index is 136. The minimum Gasteiger partial charge on any atom is -0.316 e. The Morgan fingerprint density at radius 3 is 2.40 bits per heavy atom. The topological polar surface area (TPSA) is 12.0 Å². The molecule has 1 fully saturated rings. The van der Waals surface area contributed by atoms with Crippen molar-refractivity contribution in [1.82, 2.24) is 5.32 Å². The van der Waals surface area contributed by atoms with Gasteiger partial charge in [-0.25, -0.2) is 0 Å². The highest BCUT2D eigenvalue weighted by atomic mass is 14.9. The van der Waals surface area contributed by atoms with E-state index in [4.69, 9.17) is 0 Å². The van der Waals surface area contributed by atoms with E-state index in [0.29, 0.717) is 0 Å². The van der Waals surface area contributed by atoms with Crippen LogP contribution in [0.25, 0.3) is 0 Å². The Kier molecular flexibility index (Phi) is 7.08. The molecule has 1 saturated carbocycles. The first-order valence-corrected chi connectivity index (χ1v) is 7.03. The highest BCUT2D eigenvalue weighted by molar-refractivity contribution is 4.71. The molecule has 0 aromatic heterocycles. The average molecular weight is 211 g/mol.